The van der Waals surface area contributed by atoms with Crippen LogP contribution in [0.2, 0.25) is 0 Å². The summed E-state index contributed by atoms with van der Waals surface area (Å²) in [6.45, 7) is 2.93. The van der Waals surface area contributed by atoms with Crippen molar-refractivity contribution >= 4 is 29.3 Å². The van der Waals surface area contributed by atoms with Gasteiger partial charge in [0.25, 0.3) is 11.8 Å². The van der Waals surface area contributed by atoms with Crippen molar-refractivity contribution in [2.45, 2.75) is 32.4 Å². The normalized spacial score (nSPS) is 19.5. The van der Waals surface area contributed by atoms with E-state index in [1.165, 1.54) is 19.4 Å². The number of carbonyl (C=O) groups excluding carboxylic acids is 4. The number of hydrogen-bond donors (Lipinski definition) is 3. The first-order chi connectivity index (χ1) is 15.8. The molecule has 4 rings (SSSR count). The van der Waals surface area contributed by atoms with Crippen molar-refractivity contribution in [2.75, 3.05) is 19.0 Å². The molecule has 0 saturated carbocycles. The topological polar surface area (TPSA) is 144 Å². The lowest BCUT2D eigenvalue weighted by atomic mass is 9.88. The number of pyridine rings is 1. The van der Waals surface area contributed by atoms with Crippen molar-refractivity contribution in [3.8, 4) is 5.88 Å². The molecule has 0 bridgehead atoms. The molecule has 4 N–H and O–H groups in total. The number of nitrogens with one attached hydrogen (secondary N) is 2. The van der Waals surface area contributed by atoms with Crippen LogP contribution in [-0.2, 0) is 16.1 Å². The number of amides is 4. The standard InChI is InChI=1S/C23H25N5O5/c1-12-3-6-18(13-4-5-14-9-25-20(30)16(14)7-13)28(11-12)23(32)21(31)27-15-8-17(19(24)29)22(33-2)26-10-15/h4-5,7-8,10,12,18H,3,6,9,11H2,1-2H3,(H2,24,29)(H,25,30)(H,27,31)/t12-,18?/m0/s1. The van der Waals surface area contributed by atoms with Crippen molar-refractivity contribution in [2.24, 2.45) is 11.7 Å². The van der Waals surface area contributed by atoms with Gasteiger partial charge in [-0.15, -0.1) is 0 Å². The first kappa shape index (κ1) is 22.3. The minimum absolute atomic E-state index is 0.0105. The zero-order chi connectivity index (χ0) is 23.7. The summed E-state index contributed by atoms with van der Waals surface area (Å²) < 4.78 is 5.00. The van der Waals surface area contributed by atoms with Gasteiger partial charge in [-0.1, -0.05) is 19.1 Å². The maximum atomic E-state index is 13.2. The highest BCUT2D eigenvalue weighted by molar-refractivity contribution is 6.39. The van der Waals surface area contributed by atoms with E-state index in [0.29, 0.717) is 25.1 Å². The summed E-state index contributed by atoms with van der Waals surface area (Å²) in [5.41, 5.74) is 7.82. The highest BCUT2D eigenvalue weighted by Gasteiger charge is 2.35. The third-order valence-electron chi connectivity index (χ3n) is 6.04. The minimum Gasteiger partial charge on any atom is -0.480 e. The molecular weight excluding hydrogens is 426 g/mol. The largest absolute Gasteiger partial charge is 0.480 e. The van der Waals surface area contributed by atoms with Crippen LogP contribution in [0.15, 0.2) is 30.5 Å². The van der Waals surface area contributed by atoms with Crippen molar-refractivity contribution in [3.63, 3.8) is 0 Å². The molecule has 10 nitrogen and oxygen atoms in total. The Morgan fingerprint density at radius 3 is 2.76 bits per heavy atom. The van der Waals surface area contributed by atoms with Crippen molar-refractivity contribution in [1.82, 2.24) is 15.2 Å². The van der Waals surface area contributed by atoms with Crippen LogP contribution in [0.1, 0.15) is 57.7 Å². The van der Waals surface area contributed by atoms with Crippen LogP contribution in [0.5, 0.6) is 5.88 Å². The van der Waals surface area contributed by atoms with Gasteiger partial charge in [-0.25, -0.2) is 4.98 Å². The lowest BCUT2D eigenvalue weighted by Crippen LogP contribution is -2.46. The predicted molar refractivity (Wildman–Crippen MR) is 118 cm³/mol. The van der Waals surface area contributed by atoms with Crippen LogP contribution in [0.25, 0.3) is 0 Å². The SMILES string of the molecule is COc1ncc(NC(=O)C(=O)N2C[C@@H](C)CCC2c2ccc3c(c2)C(=O)NC3)cc1C(N)=O. The van der Waals surface area contributed by atoms with Crippen LogP contribution in [0.3, 0.4) is 0 Å². The van der Waals surface area contributed by atoms with Crippen molar-refractivity contribution in [1.29, 1.82) is 0 Å². The molecule has 3 heterocycles. The number of ether oxygens (including phenoxy) is 1. The summed E-state index contributed by atoms with van der Waals surface area (Å²) >= 11 is 0. The fourth-order valence-corrected chi connectivity index (χ4v) is 4.34. The zero-order valence-corrected chi connectivity index (χ0v) is 18.4. The number of rotatable bonds is 4. The molecule has 1 aromatic heterocycles. The predicted octanol–water partition coefficient (Wildman–Crippen LogP) is 1.37. The molecule has 0 spiro atoms. The molecule has 1 fully saturated rings. The minimum atomic E-state index is -0.851. The van der Waals surface area contributed by atoms with E-state index in [1.807, 2.05) is 25.1 Å². The molecule has 4 amide bonds. The van der Waals surface area contributed by atoms with E-state index in [4.69, 9.17) is 10.5 Å². The number of nitrogens with two attached hydrogens (primary N) is 1. The van der Waals surface area contributed by atoms with Gasteiger partial charge in [0.05, 0.1) is 25.0 Å². The number of anilines is 1. The smallest absolute Gasteiger partial charge is 0.313 e. The van der Waals surface area contributed by atoms with Gasteiger partial charge < -0.3 is 26.0 Å². The second-order valence-corrected chi connectivity index (χ2v) is 8.35. The Kier molecular flexibility index (Phi) is 5.99. The highest BCUT2D eigenvalue weighted by Crippen LogP contribution is 2.35. The average Bonchev–Trinajstić information content (AvgIpc) is 3.18. The summed E-state index contributed by atoms with van der Waals surface area (Å²) in [5, 5.41) is 5.29. The van der Waals surface area contributed by atoms with E-state index in [0.717, 1.165) is 17.5 Å². The van der Waals surface area contributed by atoms with E-state index in [-0.39, 0.29) is 35.0 Å². The molecule has 172 valence electrons. The van der Waals surface area contributed by atoms with Crippen molar-refractivity contribution in [3.05, 3.63) is 52.7 Å². The molecule has 2 atom stereocenters. The lowest BCUT2D eigenvalue weighted by molar-refractivity contribution is -0.146. The molecule has 2 aromatic rings. The molecule has 0 radical (unpaired) electrons. The Balaban J connectivity index is 1.57. The Bertz CT molecular complexity index is 1150. The maximum absolute atomic E-state index is 13.2. The van der Waals surface area contributed by atoms with Crippen LogP contribution < -0.4 is 21.1 Å². The lowest BCUT2D eigenvalue weighted by Gasteiger charge is -2.38. The fourth-order valence-electron chi connectivity index (χ4n) is 4.34. The van der Waals surface area contributed by atoms with Gasteiger partial charge in [0, 0.05) is 18.7 Å². The third-order valence-corrected chi connectivity index (χ3v) is 6.04. The third kappa shape index (κ3) is 4.36. The molecule has 10 heteroatoms. The number of benzene rings is 1. The van der Waals surface area contributed by atoms with E-state index in [9.17, 15) is 19.2 Å². The summed E-state index contributed by atoms with van der Waals surface area (Å²) in [7, 11) is 1.34. The van der Waals surface area contributed by atoms with E-state index >= 15 is 0 Å². The highest BCUT2D eigenvalue weighted by atomic mass is 16.5. The van der Waals surface area contributed by atoms with Gasteiger partial charge in [-0.3, -0.25) is 19.2 Å². The first-order valence-electron chi connectivity index (χ1n) is 10.6. The molecular formula is C23H25N5O5. The monoisotopic (exact) mass is 451 g/mol. The van der Waals surface area contributed by atoms with Gasteiger partial charge in [0.2, 0.25) is 5.88 Å². The number of methoxy groups -OCH3 is 1. The molecule has 2 aliphatic heterocycles. The Hall–Kier alpha value is -3.95. The number of piperidine rings is 1. The molecule has 2 aliphatic rings. The Labute approximate surface area is 190 Å². The van der Waals surface area contributed by atoms with Gasteiger partial charge in [-0.05, 0) is 42.0 Å². The summed E-state index contributed by atoms with van der Waals surface area (Å²) in [6.07, 6.45) is 2.85. The second kappa shape index (κ2) is 8.89. The van der Waals surface area contributed by atoms with E-state index in [2.05, 4.69) is 15.6 Å². The number of fused-ring (bicyclic) bond motifs is 1. The number of hydrogen-bond acceptors (Lipinski definition) is 6. The fraction of sp³-hybridized carbons (Fsp3) is 0.348. The Morgan fingerprint density at radius 2 is 2.03 bits per heavy atom. The molecule has 1 aromatic carbocycles. The molecule has 1 saturated heterocycles. The summed E-state index contributed by atoms with van der Waals surface area (Å²) in [6, 6.07) is 6.59. The van der Waals surface area contributed by atoms with Crippen LogP contribution in [0, 0.1) is 5.92 Å². The number of nitrogens with zero attached hydrogens (tertiary/aromatic N) is 2. The van der Waals surface area contributed by atoms with Gasteiger partial charge >= 0.3 is 11.8 Å². The summed E-state index contributed by atoms with van der Waals surface area (Å²) in [4.78, 5) is 55.2. The van der Waals surface area contributed by atoms with Gasteiger partial charge in [-0.2, -0.15) is 0 Å². The van der Waals surface area contributed by atoms with Crippen LogP contribution in [-0.4, -0.2) is 47.2 Å². The summed E-state index contributed by atoms with van der Waals surface area (Å²) in [5.74, 6) is -2.21. The Morgan fingerprint density at radius 1 is 1.24 bits per heavy atom. The quantitative estimate of drug-likeness (QED) is 0.599. The maximum Gasteiger partial charge on any atom is 0.313 e. The van der Waals surface area contributed by atoms with E-state index < -0.39 is 17.7 Å². The van der Waals surface area contributed by atoms with Crippen molar-refractivity contribution < 1.29 is 23.9 Å². The number of carbonyl (C=O) groups is 4. The first-order valence-corrected chi connectivity index (χ1v) is 10.6. The molecule has 33 heavy (non-hydrogen) atoms. The van der Waals surface area contributed by atoms with Crippen LogP contribution in [0.4, 0.5) is 5.69 Å². The number of aromatic nitrogens is 1. The molecule has 1 unspecified atom stereocenters. The van der Waals surface area contributed by atoms with Gasteiger partial charge in [0.15, 0.2) is 0 Å². The average molecular weight is 451 g/mol. The van der Waals surface area contributed by atoms with Gasteiger partial charge in [0.1, 0.15) is 5.56 Å². The zero-order valence-electron chi connectivity index (χ0n) is 18.4. The number of likely N-dealkylation sites (tertiary alicyclic amines) is 1. The molecule has 0 aliphatic carbocycles. The van der Waals surface area contributed by atoms with Crippen LogP contribution >= 0.6 is 0 Å². The number of primary amides is 1. The second-order valence-electron chi connectivity index (χ2n) is 8.35. The van der Waals surface area contributed by atoms with E-state index in [1.54, 1.807) is 4.90 Å².